The lowest BCUT2D eigenvalue weighted by atomic mass is 10.1. The average molecular weight is 362 g/mol. The van der Waals surface area contributed by atoms with E-state index in [0.717, 1.165) is 6.54 Å². The molecule has 1 aromatic rings. The third-order valence-corrected chi connectivity index (χ3v) is 3.96. The fourth-order valence-corrected chi connectivity index (χ4v) is 2.88. The van der Waals surface area contributed by atoms with E-state index in [2.05, 4.69) is 6.58 Å². The summed E-state index contributed by atoms with van der Waals surface area (Å²) in [5.41, 5.74) is 0.318. The number of carbonyl (C=O) groups is 2. The molecule has 1 radical (unpaired) electrons. The number of carbonyl (C=O) groups excluding carboxylic acids is 2. The molecule has 2 aliphatic rings. The Balaban J connectivity index is 1.81. The third-order valence-electron chi connectivity index (χ3n) is 3.96. The third kappa shape index (κ3) is 3.63. The van der Waals surface area contributed by atoms with Gasteiger partial charge in [-0.25, -0.2) is 9.86 Å². The fraction of sp³-hybridized carbons (Fsp3) is 0.389. The van der Waals surface area contributed by atoms with Gasteiger partial charge in [0.1, 0.15) is 6.54 Å². The Morgan fingerprint density at radius 1 is 1.27 bits per heavy atom. The van der Waals surface area contributed by atoms with E-state index >= 15 is 0 Å². The molecule has 0 unspecified atom stereocenters. The predicted molar refractivity (Wildman–Crippen MR) is 87.5 cm³/mol. The van der Waals surface area contributed by atoms with E-state index in [0.29, 0.717) is 10.6 Å². The Kier molecular flexibility index (Phi) is 5.10. The highest BCUT2D eigenvalue weighted by molar-refractivity contribution is 5.90. The van der Waals surface area contributed by atoms with Gasteiger partial charge in [-0.1, -0.05) is 24.3 Å². The first-order chi connectivity index (χ1) is 12.3. The van der Waals surface area contributed by atoms with Crippen molar-refractivity contribution >= 4 is 11.9 Å². The molecular formula is C18H20NO7. The van der Waals surface area contributed by atoms with Crippen LogP contribution < -0.4 is 0 Å². The number of amides is 1. The van der Waals surface area contributed by atoms with Gasteiger partial charge in [-0.3, -0.25) is 10.0 Å². The highest BCUT2D eigenvalue weighted by Crippen LogP contribution is 2.39. The van der Waals surface area contributed by atoms with Gasteiger partial charge in [-0.15, -0.1) is 6.58 Å². The smallest absolute Gasteiger partial charge is 0.338 e. The van der Waals surface area contributed by atoms with Gasteiger partial charge < -0.3 is 18.9 Å². The number of rotatable bonds is 5. The van der Waals surface area contributed by atoms with E-state index in [4.69, 9.17) is 18.9 Å². The molecule has 1 aromatic carbocycles. The number of hydrogen-bond acceptors (Lipinski definition) is 7. The Morgan fingerprint density at radius 2 is 1.96 bits per heavy atom. The van der Waals surface area contributed by atoms with Crippen molar-refractivity contribution in [1.82, 2.24) is 5.06 Å². The van der Waals surface area contributed by atoms with E-state index in [-0.39, 0.29) is 0 Å². The van der Waals surface area contributed by atoms with Crippen molar-refractivity contribution < 1.29 is 33.7 Å². The summed E-state index contributed by atoms with van der Waals surface area (Å²) < 4.78 is 22.4. The SMILES string of the molecule is C=C[CH]N(O)C(=O)[C@H]1O[C@@H]2OC(C)(C)O[C@@H]2[C@H]1OC(=O)c1ccccc1. The highest BCUT2D eigenvalue weighted by atomic mass is 16.8. The van der Waals surface area contributed by atoms with Crippen molar-refractivity contribution in [3.63, 3.8) is 0 Å². The minimum atomic E-state index is -1.28. The molecule has 0 bridgehead atoms. The molecular weight excluding hydrogens is 342 g/mol. The summed E-state index contributed by atoms with van der Waals surface area (Å²) >= 11 is 0. The molecule has 0 aliphatic carbocycles. The van der Waals surface area contributed by atoms with E-state index in [1.54, 1.807) is 44.2 Å². The minimum absolute atomic E-state index is 0.318. The molecule has 4 atom stereocenters. The summed E-state index contributed by atoms with van der Waals surface area (Å²) in [6, 6.07) is 8.33. The summed E-state index contributed by atoms with van der Waals surface area (Å²) in [6.07, 6.45) is -2.84. The summed E-state index contributed by atoms with van der Waals surface area (Å²) in [5.74, 6) is -2.41. The molecule has 8 nitrogen and oxygen atoms in total. The molecule has 2 fully saturated rings. The zero-order chi connectivity index (χ0) is 18.9. The fourth-order valence-electron chi connectivity index (χ4n) is 2.88. The van der Waals surface area contributed by atoms with Crippen LogP contribution in [-0.4, -0.2) is 52.5 Å². The quantitative estimate of drug-likeness (QED) is 0.483. The zero-order valence-electron chi connectivity index (χ0n) is 14.4. The first-order valence-electron chi connectivity index (χ1n) is 8.07. The number of benzene rings is 1. The first kappa shape index (κ1) is 18.5. The predicted octanol–water partition coefficient (Wildman–Crippen LogP) is 1.65. The maximum Gasteiger partial charge on any atom is 0.338 e. The second-order valence-electron chi connectivity index (χ2n) is 6.33. The molecule has 1 N–H and O–H groups in total. The van der Waals surface area contributed by atoms with Crippen molar-refractivity contribution in [3.8, 4) is 0 Å². The second kappa shape index (κ2) is 7.16. The Hall–Kier alpha value is -2.26. The standard InChI is InChI=1S/C18H20NO7/c1-4-10-19(22)15(20)13-12(14-17(24-13)26-18(2,3)25-14)23-16(21)11-8-6-5-7-9-11/h4-10,12-14,17,22H,1H2,2-3H3/t12-,13-,14+,17+/m0/s1. The molecule has 139 valence electrons. The summed E-state index contributed by atoms with van der Waals surface area (Å²) in [7, 11) is 0. The molecule has 2 heterocycles. The molecule has 0 aromatic heterocycles. The van der Waals surface area contributed by atoms with Gasteiger partial charge in [-0.05, 0) is 26.0 Å². The largest absolute Gasteiger partial charge is 0.452 e. The van der Waals surface area contributed by atoms with Gasteiger partial charge in [0.05, 0.1) is 5.56 Å². The molecule has 3 rings (SSSR count). The summed E-state index contributed by atoms with van der Waals surface area (Å²) in [5, 5.41) is 10.1. The van der Waals surface area contributed by atoms with Crippen molar-refractivity contribution in [2.24, 2.45) is 0 Å². The van der Waals surface area contributed by atoms with Crippen LogP contribution in [0.4, 0.5) is 0 Å². The first-order valence-corrected chi connectivity index (χ1v) is 8.07. The summed E-state index contributed by atoms with van der Waals surface area (Å²) in [6.45, 7) is 7.84. The van der Waals surface area contributed by atoms with E-state index in [1.165, 1.54) is 6.08 Å². The van der Waals surface area contributed by atoms with Crippen LogP contribution in [0.5, 0.6) is 0 Å². The van der Waals surface area contributed by atoms with Gasteiger partial charge in [0.2, 0.25) is 0 Å². The maximum atomic E-state index is 12.4. The normalized spacial score (nSPS) is 29.0. The van der Waals surface area contributed by atoms with E-state index in [1.807, 2.05) is 0 Å². The lowest BCUT2D eigenvalue weighted by molar-refractivity contribution is -0.223. The minimum Gasteiger partial charge on any atom is -0.452 e. The Bertz CT molecular complexity index is 690. The Labute approximate surface area is 150 Å². The Morgan fingerprint density at radius 3 is 2.62 bits per heavy atom. The molecule has 26 heavy (non-hydrogen) atoms. The van der Waals surface area contributed by atoms with E-state index < -0.39 is 42.3 Å². The van der Waals surface area contributed by atoms with Gasteiger partial charge in [-0.2, -0.15) is 0 Å². The number of hydrogen-bond donors (Lipinski definition) is 1. The lowest BCUT2D eigenvalue weighted by Crippen LogP contribution is -2.46. The zero-order valence-corrected chi connectivity index (χ0v) is 14.4. The van der Waals surface area contributed by atoms with Crippen LogP contribution >= 0.6 is 0 Å². The van der Waals surface area contributed by atoms with Crippen molar-refractivity contribution in [2.45, 2.75) is 44.2 Å². The molecule has 0 spiro atoms. The van der Waals surface area contributed by atoms with Crippen LogP contribution in [0.15, 0.2) is 43.0 Å². The molecule has 2 aliphatic heterocycles. The van der Waals surface area contributed by atoms with Crippen LogP contribution in [0, 0.1) is 6.54 Å². The van der Waals surface area contributed by atoms with Gasteiger partial charge >= 0.3 is 5.97 Å². The average Bonchev–Trinajstić information content (AvgIpc) is 3.08. The number of fused-ring (bicyclic) bond motifs is 1. The second-order valence-corrected chi connectivity index (χ2v) is 6.33. The molecule has 0 saturated carbocycles. The summed E-state index contributed by atoms with van der Waals surface area (Å²) in [4.78, 5) is 24.9. The number of nitrogens with zero attached hydrogens (tertiary/aromatic N) is 1. The van der Waals surface area contributed by atoms with E-state index in [9.17, 15) is 14.8 Å². The topological polar surface area (TPSA) is 94.5 Å². The maximum absolute atomic E-state index is 12.4. The van der Waals surface area contributed by atoms with Gasteiger partial charge in [0, 0.05) is 0 Å². The molecule has 1 amide bonds. The number of hydroxylamine groups is 2. The van der Waals surface area contributed by atoms with Crippen molar-refractivity contribution in [1.29, 1.82) is 0 Å². The van der Waals surface area contributed by atoms with Gasteiger partial charge in [0.15, 0.2) is 30.4 Å². The number of esters is 1. The van der Waals surface area contributed by atoms with Crippen LogP contribution in [0.2, 0.25) is 0 Å². The van der Waals surface area contributed by atoms with Crippen molar-refractivity contribution in [2.75, 3.05) is 0 Å². The lowest BCUT2D eigenvalue weighted by Gasteiger charge is -2.26. The van der Waals surface area contributed by atoms with Crippen LogP contribution in [0.3, 0.4) is 0 Å². The van der Waals surface area contributed by atoms with Crippen molar-refractivity contribution in [3.05, 3.63) is 55.1 Å². The monoisotopic (exact) mass is 362 g/mol. The van der Waals surface area contributed by atoms with Crippen LogP contribution in [0.1, 0.15) is 24.2 Å². The van der Waals surface area contributed by atoms with Crippen LogP contribution in [0.25, 0.3) is 0 Å². The van der Waals surface area contributed by atoms with Gasteiger partial charge in [0.25, 0.3) is 5.91 Å². The highest BCUT2D eigenvalue weighted by Gasteiger charge is 2.59. The molecule has 2 saturated heterocycles. The van der Waals surface area contributed by atoms with Crippen LogP contribution in [-0.2, 0) is 23.7 Å². The number of ether oxygens (including phenoxy) is 4. The molecule has 8 heteroatoms.